The lowest BCUT2D eigenvalue weighted by Gasteiger charge is -2.29. The number of carbonyl (C=O) groups excluding carboxylic acids is 2. The van der Waals surface area contributed by atoms with Crippen molar-refractivity contribution < 1.29 is 28.6 Å². The maximum absolute atomic E-state index is 14.0. The van der Waals surface area contributed by atoms with Crippen molar-refractivity contribution in [3.05, 3.63) is 78.4 Å². The average Bonchev–Trinajstić information content (AvgIpc) is 3.46. The van der Waals surface area contributed by atoms with Crippen LogP contribution in [-0.2, 0) is 14.4 Å². The zero-order valence-electron chi connectivity index (χ0n) is 22.5. The largest absolute Gasteiger partial charge is 0.494 e. The number of unbranched alkanes of at least 4 members (excludes halogenated alkanes) is 1. The second kappa shape index (κ2) is 11.8. The van der Waals surface area contributed by atoms with Gasteiger partial charge in [-0.15, -0.1) is 0 Å². The lowest BCUT2D eigenvalue weighted by atomic mass is 9.90. The van der Waals surface area contributed by atoms with Crippen LogP contribution in [0.15, 0.2) is 72.8 Å². The summed E-state index contributed by atoms with van der Waals surface area (Å²) in [5.41, 5.74) is 2.01. The van der Waals surface area contributed by atoms with Crippen LogP contribution in [0.3, 0.4) is 0 Å². The van der Waals surface area contributed by atoms with Crippen molar-refractivity contribution in [2.75, 3.05) is 29.8 Å². The molecule has 8 nitrogen and oxygen atoms in total. The van der Waals surface area contributed by atoms with Crippen molar-refractivity contribution in [1.29, 1.82) is 0 Å². The Labute approximate surface area is 229 Å². The highest BCUT2D eigenvalue weighted by molar-refractivity contribution is 6.24. The first-order chi connectivity index (χ1) is 19.1. The Balaban J connectivity index is 1.54. The molecule has 0 spiro atoms. The Hall–Kier alpha value is -4.04. The van der Waals surface area contributed by atoms with E-state index >= 15 is 0 Å². The molecule has 0 unspecified atom stereocenters. The molecule has 0 aliphatic carbocycles. The van der Waals surface area contributed by atoms with E-state index < -0.39 is 24.0 Å². The Morgan fingerprint density at radius 3 is 2.28 bits per heavy atom. The second-order valence-corrected chi connectivity index (χ2v) is 9.44. The highest BCUT2D eigenvalue weighted by atomic mass is 16.7. The van der Waals surface area contributed by atoms with Crippen LogP contribution in [0.4, 0.5) is 11.4 Å². The maximum Gasteiger partial charge on any atom is 0.266 e. The molecule has 2 aliphatic heterocycles. The number of hydroxylamine groups is 1. The van der Waals surface area contributed by atoms with E-state index in [1.807, 2.05) is 62.4 Å². The molecule has 0 bridgehead atoms. The number of amides is 2. The molecule has 8 heteroatoms. The molecule has 2 saturated heterocycles. The van der Waals surface area contributed by atoms with E-state index in [0.717, 1.165) is 24.1 Å². The Morgan fingerprint density at radius 1 is 0.769 bits per heavy atom. The van der Waals surface area contributed by atoms with Gasteiger partial charge in [0, 0.05) is 6.07 Å². The minimum atomic E-state index is -0.963. The molecule has 0 saturated carbocycles. The molecule has 0 aromatic heterocycles. The van der Waals surface area contributed by atoms with Gasteiger partial charge in [0.15, 0.2) is 17.6 Å². The molecule has 0 radical (unpaired) electrons. The predicted octanol–water partition coefficient (Wildman–Crippen LogP) is 5.71. The van der Waals surface area contributed by atoms with Crippen molar-refractivity contribution in [3.63, 3.8) is 0 Å². The van der Waals surface area contributed by atoms with Gasteiger partial charge in [-0.25, -0.2) is 9.96 Å². The summed E-state index contributed by atoms with van der Waals surface area (Å²) in [5, 5.41) is 1.68. The van der Waals surface area contributed by atoms with E-state index in [-0.39, 0.29) is 5.91 Å². The van der Waals surface area contributed by atoms with Crippen molar-refractivity contribution in [2.24, 2.45) is 5.92 Å². The van der Waals surface area contributed by atoms with E-state index in [4.69, 9.17) is 19.0 Å². The van der Waals surface area contributed by atoms with Gasteiger partial charge in [-0.05, 0) is 62.2 Å². The molecular weight excluding hydrogens is 496 g/mol. The summed E-state index contributed by atoms with van der Waals surface area (Å²) < 4.78 is 17.5. The average molecular weight is 531 g/mol. The number of hydrogen-bond acceptors (Lipinski definition) is 7. The third-order valence-corrected chi connectivity index (χ3v) is 6.88. The molecule has 2 fully saturated rings. The Kier molecular flexibility index (Phi) is 8.02. The lowest BCUT2D eigenvalue weighted by molar-refractivity contribution is -0.126. The van der Waals surface area contributed by atoms with Crippen LogP contribution in [0, 0.1) is 5.92 Å². The first kappa shape index (κ1) is 26.6. The standard InChI is InChI=1S/C31H34N2O6/c1-4-7-18-38-25-17-16-21(19-26(25)37-6-3)28-27-29(39-33(28)22-12-9-8-10-13-22)31(35)32(30(27)34)23-14-11-15-24(20-23)36-5-2/h8-17,19-20,27-29H,4-7,18H2,1-3H3/t27-,28-,29-/m1/s1. The predicted molar refractivity (Wildman–Crippen MR) is 148 cm³/mol. The van der Waals surface area contributed by atoms with Crippen LogP contribution in [0.2, 0.25) is 0 Å². The highest BCUT2D eigenvalue weighted by Crippen LogP contribution is 2.49. The molecule has 0 N–H and O–H groups in total. The monoisotopic (exact) mass is 530 g/mol. The number of carbonyl (C=O) groups is 2. The minimum absolute atomic E-state index is 0.316. The number of ether oxygens (including phenoxy) is 3. The van der Waals surface area contributed by atoms with Gasteiger partial charge in [0.05, 0.1) is 37.2 Å². The summed E-state index contributed by atoms with van der Waals surface area (Å²) in [6.07, 6.45) is 0.998. The third-order valence-electron chi connectivity index (χ3n) is 6.88. The molecule has 2 aliphatic rings. The smallest absolute Gasteiger partial charge is 0.266 e. The van der Waals surface area contributed by atoms with Crippen molar-refractivity contribution in [2.45, 2.75) is 45.8 Å². The van der Waals surface area contributed by atoms with E-state index in [9.17, 15) is 9.59 Å². The van der Waals surface area contributed by atoms with Gasteiger partial charge in [-0.2, -0.15) is 0 Å². The fraction of sp³-hybridized carbons (Fsp3) is 0.355. The molecule has 3 aromatic carbocycles. The number of benzene rings is 3. The van der Waals surface area contributed by atoms with Gasteiger partial charge in [0.2, 0.25) is 5.91 Å². The van der Waals surface area contributed by atoms with Crippen LogP contribution in [0.5, 0.6) is 17.2 Å². The molecular formula is C31H34N2O6. The number of imide groups is 1. The molecule has 2 heterocycles. The van der Waals surface area contributed by atoms with Crippen molar-refractivity contribution >= 4 is 23.2 Å². The van der Waals surface area contributed by atoms with E-state index in [2.05, 4.69) is 6.92 Å². The number of para-hydroxylation sites is 1. The molecule has 39 heavy (non-hydrogen) atoms. The van der Waals surface area contributed by atoms with Crippen LogP contribution >= 0.6 is 0 Å². The first-order valence-corrected chi connectivity index (χ1v) is 13.6. The van der Waals surface area contributed by atoms with E-state index in [1.165, 1.54) is 4.90 Å². The van der Waals surface area contributed by atoms with Crippen LogP contribution in [-0.4, -0.2) is 37.7 Å². The van der Waals surface area contributed by atoms with Crippen LogP contribution in [0.25, 0.3) is 0 Å². The van der Waals surface area contributed by atoms with Gasteiger partial charge < -0.3 is 14.2 Å². The normalized spacial score (nSPS) is 20.3. The fourth-order valence-electron chi connectivity index (χ4n) is 5.11. The second-order valence-electron chi connectivity index (χ2n) is 9.44. The van der Waals surface area contributed by atoms with Crippen LogP contribution in [0.1, 0.15) is 45.2 Å². The fourth-order valence-corrected chi connectivity index (χ4v) is 5.11. The number of fused-ring (bicyclic) bond motifs is 1. The molecule has 3 atom stereocenters. The Morgan fingerprint density at radius 2 is 1.54 bits per heavy atom. The maximum atomic E-state index is 14.0. The topological polar surface area (TPSA) is 77.5 Å². The summed E-state index contributed by atoms with van der Waals surface area (Å²) in [6, 6.07) is 21.7. The number of nitrogens with zero attached hydrogens (tertiary/aromatic N) is 2. The van der Waals surface area contributed by atoms with Gasteiger partial charge in [0.1, 0.15) is 11.7 Å². The zero-order valence-corrected chi connectivity index (χ0v) is 22.5. The van der Waals surface area contributed by atoms with Crippen molar-refractivity contribution in [1.82, 2.24) is 0 Å². The summed E-state index contributed by atoms with van der Waals surface area (Å²) >= 11 is 0. The quantitative estimate of drug-likeness (QED) is 0.232. The summed E-state index contributed by atoms with van der Waals surface area (Å²) in [6.45, 7) is 7.45. The number of hydrogen-bond donors (Lipinski definition) is 0. The minimum Gasteiger partial charge on any atom is -0.494 e. The number of anilines is 2. The number of rotatable bonds is 11. The van der Waals surface area contributed by atoms with Gasteiger partial charge in [-0.3, -0.25) is 14.4 Å². The summed E-state index contributed by atoms with van der Waals surface area (Å²) in [5.74, 6) is 0.375. The first-order valence-electron chi connectivity index (χ1n) is 13.6. The molecule has 5 rings (SSSR count). The lowest BCUT2D eigenvalue weighted by Crippen LogP contribution is -2.37. The molecule has 204 valence electrons. The van der Waals surface area contributed by atoms with E-state index in [0.29, 0.717) is 42.8 Å². The third kappa shape index (κ3) is 5.16. The van der Waals surface area contributed by atoms with Crippen LogP contribution < -0.4 is 24.2 Å². The molecule has 2 amide bonds. The van der Waals surface area contributed by atoms with E-state index in [1.54, 1.807) is 29.3 Å². The molecule has 3 aromatic rings. The summed E-state index contributed by atoms with van der Waals surface area (Å²) in [7, 11) is 0. The Bertz CT molecular complexity index is 1310. The summed E-state index contributed by atoms with van der Waals surface area (Å²) in [4.78, 5) is 35.1. The van der Waals surface area contributed by atoms with Gasteiger partial charge in [0.25, 0.3) is 5.91 Å². The SMILES string of the molecule is CCCCOc1ccc([C@@H]2[C@H]3C(=O)N(c4cccc(OCC)c4)C(=O)[C@@H]3ON2c2ccccc2)cc1OCC. The highest BCUT2D eigenvalue weighted by Gasteiger charge is 2.60. The van der Waals surface area contributed by atoms with Gasteiger partial charge >= 0.3 is 0 Å². The zero-order chi connectivity index (χ0) is 27.4. The van der Waals surface area contributed by atoms with Gasteiger partial charge in [-0.1, -0.05) is 43.7 Å². The van der Waals surface area contributed by atoms with Crippen molar-refractivity contribution in [3.8, 4) is 17.2 Å².